The molecule has 1 aromatic carbocycles. The zero-order valence-corrected chi connectivity index (χ0v) is 11.7. The van der Waals surface area contributed by atoms with Crippen molar-refractivity contribution >= 4 is 0 Å². The molecule has 2 rings (SSSR count). The molecule has 1 atom stereocenters. The number of hydrogen-bond donors (Lipinski definition) is 1. The molecule has 2 heteroatoms. The average molecular weight is 246 g/mol. The SMILES string of the molecule is CC(C)N(Cc1ccccc1)C[C@@H]1CCCCN1. The fourth-order valence-electron chi connectivity index (χ4n) is 2.64. The maximum atomic E-state index is 3.65. The molecule has 1 aliphatic rings. The Kier molecular flexibility index (Phi) is 5.21. The van der Waals surface area contributed by atoms with Crippen LogP contribution in [0.5, 0.6) is 0 Å². The first-order valence-corrected chi connectivity index (χ1v) is 7.27. The second-order valence-electron chi connectivity index (χ2n) is 5.66. The van der Waals surface area contributed by atoms with Gasteiger partial charge in [0.1, 0.15) is 0 Å². The Morgan fingerprint density at radius 1 is 1.22 bits per heavy atom. The Balaban J connectivity index is 1.91. The van der Waals surface area contributed by atoms with Crippen LogP contribution in [0, 0.1) is 0 Å². The predicted molar refractivity (Wildman–Crippen MR) is 77.6 cm³/mol. The lowest BCUT2D eigenvalue weighted by Crippen LogP contribution is -2.45. The first-order chi connectivity index (χ1) is 8.75. The van der Waals surface area contributed by atoms with Crippen molar-refractivity contribution in [3.05, 3.63) is 35.9 Å². The summed E-state index contributed by atoms with van der Waals surface area (Å²) in [7, 11) is 0. The Morgan fingerprint density at radius 2 is 2.00 bits per heavy atom. The summed E-state index contributed by atoms with van der Waals surface area (Å²) in [6, 6.07) is 12.1. The van der Waals surface area contributed by atoms with Crippen molar-refractivity contribution < 1.29 is 0 Å². The van der Waals surface area contributed by atoms with E-state index in [0.29, 0.717) is 12.1 Å². The molecule has 100 valence electrons. The van der Waals surface area contributed by atoms with Crippen molar-refractivity contribution in [1.82, 2.24) is 10.2 Å². The molecule has 1 N–H and O–H groups in total. The zero-order valence-electron chi connectivity index (χ0n) is 11.7. The Morgan fingerprint density at radius 3 is 2.61 bits per heavy atom. The highest BCUT2D eigenvalue weighted by Crippen LogP contribution is 2.13. The number of rotatable bonds is 5. The van der Waals surface area contributed by atoms with E-state index >= 15 is 0 Å². The minimum Gasteiger partial charge on any atom is -0.313 e. The van der Waals surface area contributed by atoms with Gasteiger partial charge in [0, 0.05) is 25.2 Å². The molecule has 0 bridgehead atoms. The van der Waals surface area contributed by atoms with Crippen LogP contribution < -0.4 is 5.32 Å². The van der Waals surface area contributed by atoms with Gasteiger partial charge < -0.3 is 5.32 Å². The van der Waals surface area contributed by atoms with Crippen LogP contribution in [0.1, 0.15) is 38.7 Å². The monoisotopic (exact) mass is 246 g/mol. The topological polar surface area (TPSA) is 15.3 Å². The second kappa shape index (κ2) is 6.91. The minimum atomic E-state index is 0.605. The van der Waals surface area contributed by atoms with Crippen molar-refractivity contribution in [3.8, 4) is 0 Å². The quantitative estimate of drug-likeness (QED) is 0.859. The first kappa shape index (κ1) is 13.6. The summed E-state index contributed by atoms with van der Waals surface area (Å²) < 4.78 is 0. The van der Waals surface area contributed by atoms with Crippen molar-refractivity contribution in [2.75, 3.05) is 13.1 Å². The highest BCUT2D eigenvalue weighted by atomic mass is 15.2. The number of hydrogen-bond acceptors (Lipinski definition) is 2. The number of nitrogens with zero attached hydrogens (tertiary/aromatic N) is 1. The number of benzene rings is 1. The molecule has 0 saturated carbocycles. The summed E-state index contributed by atoms with van der Waals surface area (Å²) in [5.41, 5.74) is 1.42. The summed E-state index contributed by atoms with van der Waals surface area (Å²) in [4.78, 5) is 2.58. The normalized spacial score (nSPS) is 20.6. The van der Waals surface area contributed by atoms with Gasteiger partial charge in [-0.2, -0.15) is 0 Å². The van der Waals surface area contributed by atoms with Crippen molar-refractivity contribution in [2.45, 2.75) is 51.7 Å². The lowest BCUT2D eigenvalue weighted by atomic mass is 10.0. The molecule has 2 nitrogen and oxygen atoms in total. The number of nitrogens with one attached hydrogen (secondary N) is 1. The molecule has 0 amide bonds. The van der Waals surface area contributed by atoms with Gasteiger partial charge >= 0.3 is 0 Å². The largest absolute Gasteiger partial charge is 0.313 e. The van der Waals surface area contributed by atoms with Crippen LogP contribution in [-0.2, 0) is 6.54 Å². The zero-order chi connectivity index (χ0) is 12.8. The van der Waals surface area contributed by atoms with Crippen molar-refractivity contribution in [1.29, 1.82) is 0 Å². The van der Waals surface area contributed by atoms with E-state index < -0.39 is 0 Å². The maximum Gasteiger partial charge on any atom is 0.0237 e. The fourth-order valence-corrected chi connectivity index (χ4v) is 2.64. The molecule has 0 unspecified atom stereocenters. The van der Waals surface area contributed by atoms with Crippen LogP contribution in [0.15, 0.2) is 30.3 Å². The van der Waals surface area contributed by atoms with E-state index in [9.17, 15) is 0 Å². The van der Waals surface area contributed by atoms with E-state index in [1.165, 1.54) is 37.9 Å². The van der Waals surface area contributed by atoms with E-state index in [2.05, 4.69) is 54.4 Å². The van der Waals surface area contributed by atoms with Gasteiger partial charge in [-0.05, 0) is 38.8 Å². The molecule has 1 aromatic rings. The molecule has 0 aliphatic carbocycles. The highest BCUT2D eigenvalue weighted by molar-refractivity contribution is 5.14. The van der Waals surface area contributed by atoms with E-state index in [1.807, 2.05) is 0 Å². The molecule has 0 aromatic heterocycles. The molecule has 0 spiro atoms. The van der Waals surface area contributed by atoms with E-state index in [0.717, 1.165) is 6.54 Å². The summed E-state index contributed by atoms with van der Waals surface area (Å²) in [6.45, 7) is 8.03. The number of piperidine rings is 1. The molecule has 18 heavy (non-hydrogen) atoms. The van der Waals surface area contributed by atoms with Gasteiger partial charge in [0.15, 0.2) is 0 Å². The molecule has 1 saturated heterocycles. The van der Waals surface area contributed by atoms with E-state index in [4.69, 9.17) is 0 Å². The van der Waals surface area contributed by atoms with Gasteiger partial charge in [-0.25, -0.2) is 0 Å². The molecule has 1 heterocycles. The minimum absolute atomic E-state index is 0.605. The molecular formula is C16H26N2. The van der Waals surface area contributed by atoms with Gasteiger partial charge in [0.25, 0.3) is 0 Å². The van der Waals surface area contributed by atoms with Crippen LogP contribution in [0.3, 0.4) is 0 Å². The summed E-state index contributed by atoms with van der Waals surface area (Å²) in [5, 5.41) is 3.65. The standard InChI is InChI=1S/C16H26N2/c1-14(2)18(12-15-8-4-3-5-9-15)13-16-10-6-7-11-17-16/h3-5,8-9,14,16-17H,6-7,10-13H2,1-2H3/t16-/m0/s1. The Bertz CT molecular complexity index is 328. The summed E-state index contributed by atoms with van der Waals surface area (Å²) in [6.07, 6.45) is 4.06. The van der Waals surface area contributed by atoms with Gasteiger partial charge in [-0.15, -0.1) is 0 Å². The second-order valence-corrected chi connectivity index (χ2v) is 5.66. The van der Waals surface area contributed by atoms with Gasteiger partial charge in [0.05, 0.1) is 0 Å². The van der Waals surface area contributed by atoms with Crippen LogP contribution in [-0.4, -0.2) is 30.1 Å². The molecule has 1 fully saturated rings. The van der Waals surface area contributed by atoms with Crippen molar-refractivity contribution in [2.24, 2.45) is 0 Å². The lowest BCUT2D eigenvalue weighted by Gasteiger charge is -2.33. The van der Waals surface area contributed by atoms with Gasteiger partial charge in [-0.1, -0.05) is 36.8 Å². The first-order valence-electron chi connectivity index (χ1n) is 7.27. The van der Waals surface area contributed by atoms with Gasteiger partial charge in [0.2, 0.25) is 0 Å². The summed E-state index contributed by atoms with van der Waals surface area (Å²) in [5.74, 6) is 0. The summed E-state index contributed by atoms with van der Waals surface area (Å²) >= 11 is 0. The predicted octanol–water partition coefficient (Wildman–Crippen LogP) is 3.04. The van der Waals surface area contributed by atoms with Gasteiger partial charge in [-0.3, -0.25) is 4.90 Å². The van der Waals surface area contributed by atoms with Crippen LogP contribution >= 0.6 is 0 Å². The maximum absolute atomic E-state index is 3.65. The van der Waals surface area contributed by atoms with Crippen LogP contribution in [0.4, 0.5) is 0 Å². The third kappa shape index (κ3) is 4.11. The van der Waals surface area contributed by atoms with Crippen LogP contribution in [0.25, 0.3) is 0 Å². The van der Waals surface area contributed by atoms with E-state index in [-0.39, 0.29) is 0 Å². The van der Waals surface area contributed by atoms with E-state index in [1.54, 1.807) is 0 Å². The molecular weight excluding hydrogens is 220 g/mol. The fraction of sp³-hybridized carbons (Fsp3) is 0.625. The molecule has 0 radical (unpaired) electrons. The van der Waals surface area contributed by atoms with Crippen molar-refractivity contribution in [3.63, 3.8) is 0 Å². The Labute approximate surface area is 111 Å². The smallest absolute Gasteiger partial charge is 0.0237 e. The molecule has 1 aliphatic heterocycles. The third-order valence-corrected chi connectivity index (χ3v) is 3.83. The van der Waals surface area contributed by atoms with Crippen LogP contribution in [0.2, 0.25) is 0 Å². The Hall–Kier alpha value is -0.860. The third-order valence-electron chi connectivity index (χ3n) is 3.83. The lowest BCUT2D eigenvalue weighted by molar-refractivity contribution is 0.177. The average Bonchev–Trinajstić information content (AvgIpc) is 2.40. The highest BCUT2D eigenvalue weighted by Gasteiger charge is 2.18.